The highest BCUT2D eigenvalue weighted by Gasteiger charge is 2.13. The van der Waals surface area contributed by atoms with Crippen molar-refractivity contribution in [2.24, 2.45) is 0 Å². The highest BCUT2D eigenvalue weighted by atomic mass is 79.9. The quantitative estimate of drug-likeness (QED) is 0.828. The number of halogens is 1. The molecule has 0 radical (unpaired) electrons. The second-order valence-corrected chi connectivity index (χ2v) is 4.32. The fourth-order valence-electron chi connectivity index (χ4n) is 1.45. The molecule has 0 fully saturated rings. The van der Waals surface area contributed by atoms with Crippen LogP contribution in [0.4, 0.5) is 0 Å². The molecular formula is C12H16BrNO. The minimum atomic E-state index is 0.119. The van der Waals surface area contributed by atoms with E-state index in [2.05, 4.69) is 34.1 Å². The van der Waals surface area contributed by atoms with E-state index in [1.807, 2.05) is 19.1 Å². The van der Waals surface area contributed by atoms with E-state index in [0.717, 1.165) is 23.3 Å². The lowest BCUT2D eigenvalue weighted by atomic mass is 10.1. The number of nitrogens with one attached hydrogen (secondary N) is 1. The summed E-state index contributed by atoms with van der Waals surface area (Å²) in [6.45, 7) is 4.17. The van der Waals surface area contributed by atoms with Gasteiger partial charge < -0.3 is 4.42 Å². The van der Waals surface area contributed by atoms with E-state index in [9.17, 15) is 0 Å². The van der Waals surface area contributed by atoms with Gasteiger partial charge in [-0.05, 0) is 41.4 Å². The van der Waals surface area contributed by atoms with Gasteiger partial charge >= 0.3 is 0 Å². The van der Waals surface area contributed by atoms with Crippen molar-refractivity contribution in [1.29, 1.82) is 0 Å². The van der Waals surface area contributed by atoms with Crippen molar-refractivity contribution >= 4 is 15.9 Å². The Hall–Kier alpha value is -0.720. The van der Waals surface area contributed by atoms with Crippen LogP contribution in [0.3, 0.4) is 0 Å². The van der Waals surface area contributed by atoms with Crippen LogP contribution in [0.15, 0.2) is 21.2 Å². The van der Waals surface area contributed by atoms with Gasteiger partial charge in [0.05, 0.1) is 12.1 Å². The first-order valence-corrected chi connectivity index (χ1v) is 5.94. The molecule has 1 rings (SSSR count). The van der Waals surface area contributed by atoms with Crippen molar-refractivity contribution in [1.82, 2.24) is 5.32 Å². The van der Waals surface area contributed by atoms with E-state index in [1.54, 1.807) is 0 Å². The maximum atomic E-state index is 5.45. The molecule has 15 heavy (non-hydrogen) atoms. The Labute approximate surface area is 99.6 Å². The summed E-state index contributed by atoms with van der Waals surface area (Å²) < 4.78 is 6.20. The second kappa shape index (κ2) is 5.99. The summed E-state index contributed by atoms with van der Waals surface area (Å²) in [5.41, 5.74) is 0. The maximum Gasteiger partial charge on any atom is 0.169 e. The summed E-state index contributed by atoms with van der Waals surface area (Å²) in [7, 11) is 0. The van der Waals surface area contributed by atoms with Gasteiger partial charge in [0.2, 0.25) is 0 Å². The lowest BCUT2D eigenvalue weighted by Crippen LogP contribution is -2.29. The van der Waals surface area contributed by atoms with Gasteiger partial charge in [-0.25, -0.2) is 0 Å². The Morgan fingerprint density at radius 2 is 2.33 bits per heavy atom. The van der Waals surface area contributed by atoms with Crippen molar-refractivity contribution in [3.8, 4) is 12.3 Å². The van der Waals surface area contributed by atoms with Crippen LogP contribution >= 0.6 is 15.9 Å². The minimum absolute atomic E-state index is 0.119. The van der Waals surface area contributed by atoms with Gasteiger partial charge in [0, 0.05) is 0 Å². The average Bonchev–Trinajstić information content (AvgIpc) is 2.64. The lowest BCUT2D eigenvalue weighted by Gasteiger charge is -2.16. The molecule has 82 valence electrons. The Bertz CT molecular complexity index is 340. The largest absolute Gasteiger partial charge is 0.453 e. The van der Waals surface area contributed by atoms with Crippen LogP contribution in [0.1, 0.15) is 38.5 Å². The number of terminal acetylenes is 1. The molecule has 2 nitrogen and oxygen atoms in total. The molecule has 2 unspecified atom stereocenters. The molecule has 0 aliphatic carbocycles. The van der Waals surface area contributed by atoms with E-state index in [4.69, 9.17) is 10.8 Å². The molecule has 0 spiro atoms. The van der Waals surface area contributed by atoms with E-state index in [0.29, 0.717) is 0 Å². The monoisotopic (exact) mass is 269 g/mol. The first-order valence-electron chi connectivity index (χ1n) is 5.14. The maximum absolute atomic E-state index is 5.45. The molecule has 0 aromatic carbocycles. The standard InChI is InChI=1S/C12H16BrNO/c1-4-6-10(5-2)14-9(3)11-7-8-12(13)15-11/h2,7-10,14H,4,6H2,1,3H3. The summed E-state index contributed by atoms with van der Waals surface area (Å²) in [5.74, 6) is 3.65. The predicted molar refractivity (Wildman–Crippen MR) is 65.5 cm³/mol. The molecule has 0 aliphatic rings. The third kappa shape index (κ3) is 3.73. The predicted octanol–water partition coefficient (Wildman–Crippen LogP) is 3.49. The van der Waals surface area contributed by atoms with Crippen LogP contribution in [0.25, 0.3) is 0 Å². The molecule has 0 bridgehead atoms. The molecule has 0 amide bonds. The topological polar surface area (TPSA) is 25.2 Å². The summed E-state index contributed by atoms with van der Waals surface area (Å²) in [5, 5.41) is 3.35. The number of rotatable bonds is 5. The Morgan fingerprint density at radius 3 is 2.80 bits per heavy atom. The first-order chi connectivity index (χ1) is 7.17. The fourth-order valence-corrected chi connectivity index (χ4v) is 1.77. The molecule has 1 heterocycles. The van der Waals surface area contributed by atoms with Crippen LogP contribution < -0.4 is 5.32 Å². The molecular weight excluding hydrogens is 254 g/mol. The zero-order valence-electron chi connectivity index (χ0n) is 9.09. The van der Waals surface area contributed by atoms with Gasteiger partial charge in [0.15, 0.2) is 4.67 Å². The zero-order chi connectivity index (χ0) is 11.3. The summed E-state index contributed by atoms with van der Waals surface area (Å²) in [6.07, 6.45) is 7.51. The van der Waals surface area contributed by atoms with Gasteiger partial charge in [-0.3, -0.25) is 5.32 Å². The van der Waals surface area contributed by atoms with Crippen LogP contribution in [0, 0.1) is 12.3 Å². The Morgan fingerprint density at radius 1 is 1.60 bits per heavy atom. The highest BCUT2D eigenvalue weighted by molar-refractivity contribution is 9.10. The van der Waals surface area contributed by atoms with E-state index in [-0.39, 0.29) is 12.1 Å². The minimum Gasteiger partial charge on any atom is -0.453 e. The van der Waals surface area contributed by atoms with Crippen LogP contribution in [0.5, 0.6) is 0 Å². The Kier molecular flexibility index (Phi) is 4.93. The van der Waals surface area contributed by atoms with Crippen molar-refractivity contribution in [2.45, 2.75) is 38.8 Å². The van der Waals surface area contributed by atoms with E-state index < -0.39 is 0 Å². The summed E-state index contributed by atoms with van der Waals surface area (Å²) >= 11 is 3.28. The lowest BCUT2D eigenvalue weighted by molar-refractivity contribution is 0.397. The third-order valence-corrected chi connectivity index (χ3v) is 2.68. The van der Waals surface area contributed by atoms with Gasteiger partial charge in [-0.2, -0.15) is 0 Å². The van der Waals surface area contributed by atoms with Gasteiger partial charge in [-0.15, -0.1) is 6.42 Å². The van der Waals surface area contributed by atoms with Gasteiger partial charge in [0.25, 0.3) is 0 Å². The first kappa shape index (κ1) is 12.4. The van der Waals surface area contributed by atoms with Gasteiger partial charge in [0.1, 0.15) is 5.76 Å². The van der Waals surface area contributed by atoms with Crippen molar-refractivity contribution in [2.75, 3.05) is 0 Å². The second-order valence-electron chi connectivity index (χ2n) is 3.54. The Balaban J connectivity index is 2.55. The summed E-state index contributed by atoms with van der Waals surface area (Å²) in [6, 6.07) is 4.09. The molecule has 1 aromatic rings. The molecule has 1 aromatic heterocycles. The van der Waals surface area contributed by atoms with Crippen LogP contribution in [-0.4, -0.2) is 6.04 Å². The number of furan rings is 1. The molecule has 0 saturated carbocycles. The number of hydrogen-bond donors (Lipinski definition) is 1. The third-order valence-electron chi connectivity index (χ3n) is 2.25. The molecule has 2 atom stereocenters. The number of hydrogen-bond acceptors (Lipinski definition) is 2. The normalized spacial score (nSPS) is 14.5. The molecule has 0 saturated heterocycles. The average molecular weight is 270 g/mol. The fraction of sp³-hybridized carbons (Fsp3) is 0.500. The van der Waals surface area contributed by atoms with Crippen molar-refractivity contribution < 1.29 is 4.42 Å². The van der Waals surface area contributed by atoms with Crippen molar-refractivity contribution in [3.63, 3.8) is 0 Å². The summed E-state index contributed by atoms with van der Waals surface area (Å²) in [4.78, 5) is 0. The van der Waals surface area contributed by atoms with E-state index in [1.165, 1.54) is 0 Å². The molecule has 3 heteroatoms. The van der Waals surface area contributed by atoms with Crippen LogP contribution in [-0.2, 0) is 0 Å². The highest BCUT2D eigenvalue weighted by Crippen LogP contribution is 2.20. The smallest absolute Gasteiger partial charge is 0.169 e. The van der Waals surface area contributed by atoms with E-state index >= 15 is 0 Å². The SMILES string of the molecule is C#CC(CCC)NC(C)c1ccc(Br)o1. The molecule has 1 N–H and O–H groups in total. The van der Waals surface area contributed by atoms with Gasteiger partial charge in [-0.1, -0.05) is 19.3 Å². The molecule has 0 aliphatic heterocycles. The zero-order valence-corrected chi connectivity index (χ0v) is 10.7. The van der Waals surface area contributed by atoms with Crippen LogP contribution in [0.2, 0.25) is 0 Å². The van der Waals surface area contributed by atoms with Crippen molar-refractivity contribution in [3.05, 3.63) is 22.6 Å².